The fourth-order valence-electron chi connectivity index (χ4n) is 3.99. The van der Waals surface area contributed by atoms with E-state index in [0.717, 1.165) is 32.4 Å². The van der Waals surface area contributed by atoms with Gasteiger partial charge < -0.3 is 15.3 Å². The minimum Gasteiger partial charge on any atom is -0.396 e. The SMILES string of the molecule is CC(C)(C)CC(=O)N1CCC(NC2CCCCCC2CO)CC1. The summed E-state index contributed by atoms with van der Waals surface area (Å²) in [6, 6.07) is 0.968. The third-order valence-electron chi connectivity index (χ3n) is 5.37. The molecule has 2 atom stereocenters. The van der Waals surface area contributed by atoms with Gasteiger partial charge in [0.2, 0.25) is 5.91 Å². The lowest BCUT2D eigenvalue weighted by molar-refractivity contribution is -0.134. The van der Waals surface area contributed by atoms with Crippen molar-refractivity contribution in [3.8, 4) is 0 Å². The Kier molecular flexibility index (Phi) is 6.90. The number of nitrogens with zero attached hydrogens (tertiary/aromatic N) is 1. The van der Waals surface area contributed by atoms with Gasteiger partial charge in [-0.1, -0.05) is 40.0 Å². The molecule has 1 amide bonds. The van der Waals surface area contributed by atoms with E-state index in [9.17, 15) is 9.90 Å². The van der Waals surface area contributed by atoms with Gasteiger partial charge in [0.1, 0.15) is 0 Å². The summed E-state index contributed by atoms with van der Waals surface area (Å²) >= 11 is 0. The lowest BCUT2D eigenvalue weighted by atomic mass is 9.90. The summed E-state index contributed by atoms with van der Waals surface area (Å²) in [6.07, 6.45) is 8.90. The van der Waals surface area contributed by atoms with E-state index in [1.807, 2.05) is 4.90 Å². The van der Waals surface area contributed by atoms with Crippen LogP contribution in [0, 0.1) is 11.3 Å². The number of carbonyl (C=O) groups is 1. The summed E-state index contributed by atoms with van der Waals surface area (Å²) < 4.78 is 0. The number of piperidine rings is 1. The monoisotopic (exact) mass is 324 g/mol. The second kappa shape index (κ2) is 8.48. The predicted molar refractivity (Wildman–Crippen MR) is 94.3 cm³/mol. The minimum absolute atomic E-state index is 0.0703. The largest absolute Gasteiger partial charge is 0.396 e. The molecule has 2 N–H and O–H groups in total. The molecule has 1 aliphatic heterocycles. The van der Waals surface area contributed by atoms with E-state index in [1.54, 1.807) is 0 Å². The molecular weight excluding hydrogens is 288 g/mol. The van der Waals surface area contributed by atoms with Crippen molar-refractivity contribution < 1.29 is 9.90 Å². The Morgan fingerprint density at radius 1 is 1.09 bits per heavy atom. The summed E-state index contributed by atoms with van der Waals surface area (Å²) in [6.45, 7) is 8.44. The molecule has 1 saturated heterocycles. The highest BCUT2D eigenvalue weighted by Crippen LogP contribution is 2.25. The van der Waals surface area contributed by atoms with E-state index in [4.69, 9.17) is 0 Å². The van der Waals surface area contributed by atoms with Crippen LogP contribution in [0.25, 0.3) is 0 Å². The van der Waals surface area contributed by atoms with Crippen LogP contribution in [0.1, 0.15) is 72.1 Å². The molecule has 0 aromatic heterocycles. The highest BCUT2D eigenvalue weighted by atomic mass is 16.3. The van der Waals surface area contributed by atoms with Crippen LogP contribution < -0.4 is 5.32 Å². The molecule has 0 radical (unpaired) electrons. The minimum atomic E-state index is 0.0703. The Labute approximate surface area is 142 Å². The lowest BCUT2D eigenvalue weighted by Gasteiger charge is -2.37. The van der Waals surface area contributed by atoms with Crippen molar-refractivity contribution in [1.82, 2.24) is 10.2 Å². The molecule has 2 aliphatic rings. The van der Waals surface area contributed by atoms with Crippen LogP contribution in [0.3, 0.4) is 0 Å². The molecule has 1 aliphatic carbocycles. The van der Waals surface area contributed by atoms with Gasteiger partial charge in [0.15, 0.2) is 0 Å². The Bertz CT molecular complexity index is 370. The highest BCUT2D eigenvalue weighted by molar-refractivity contribution is 5.76. The molecule has 134 valence electrons. The zero-order valence-corrected chi connectivity index (χ0v) is 15.3. The summed E-state index contributed by atoms with van der Waals surface area (Å²) in [5.41, 5.74) is 0.0703. The van der Waals surface area contributed by atoms with Crippen LogP contribution in [0.4, 0.5) is 0 Å². The Morgan fingerprint density at radius 3 is 2.35 bits per heavy atom. The van der Waals surface area contributed by atoms with Gasteiger partial charge in [-0.25, -0.2) is 0 Å². The van der Waals surface area contributed by atoms with Crippen LogP contribution >= 0.6 is 0 Å². The first kappa shape index (κ1) is 18.7. The molecule has 1 saturated carbocycles. The first-order valence-electron chi connectivity index (χ1n) is 9.54. The predicted octanol–water partition coefficient (Wildman–Crippen LogP) is 2.94. The standard InChI is InChI=1S/C19H36N2O2/c1-19(2,3)13-18(23)21-11-9-16(10-12-21)20-17-8-6-4-5-7-15(17)14-22/h15-17,20,22H,4-14H2,1-3H3. The maximum Gasteiger partial charge on any atom is 0.223 e. The van der Waals surface area contributed by atoms with Crippen molar-refractivity contribution in [3.63, 3.8) is 0 Å². The van der Waals surface area contributed by atoms with Crippen LogP contribution in [0.2, 0.25) is 0 Å². The van der Waals surface area contributed by atoms with Crippen LogP contribution in [-0.4, -0.2) is 47.7 Å². The van der Waals surface area contributed by atoms with Crippen molar-refractivity contribution in [2.45, 2.75) is 84.2 Å². The number of hydrogen-bond donors (Lipinski definition) is 2. The van der Waals surface area contributed by atoms with E-state index >= 15 is 0 Å². The number of carbonyl (C=O) groups excluding carboxylic acids is 1. The molecule has 0 bridgehead atoms. The van der Waals surface area contributed by atoms with Gasteiger partial charge in [0.05, 0.1) is 0 Å². The second-order valence-electron chi connectivity index (χ2n) is 8.75. The molecule has 23 heavy (non-hydrogen) atoms. The molecule has 4 nitrogen and oxygen atoms in total. The Balaban J connectivity index is 1.78. The number of likely N-dealkylation sites (tertiary alicyclic amines) is 1. The van der Waals surface area contributed by atoms with E-state index in [-0.39, 0.29) is 5.41 Å². The molecular formula is C19H36N2O2. The summed E-state index contributed by atoms with van der Waals surface area (Å²) in [4.78, 5) is 14.4. The first-order valence-corrected chi connectivity index (χ1v) is 9.54. The lowest BCUT2D eigenvalue weighted by Crippen LogP contribution is -2.50. The van der Waals surface area contributed by atoms with Crippen molar-refractivity contribution >= 4 is 5.91 Å². The average Bonchev–Trinajstić information content (AvgIpc) is 2.71. The van der Waals surface area contributed by atoms with E-state index < -0.39 is 0 Å². The van der Waals surface area contributed by atoms with Gasteiger partial charge in [-0.05, 0) is 37.0 Å². The number of rotatable bonds is 4. The van der Waals surface area contributed by atoms with Crippen molar-refractivity contribution in [1.29, 1.82) is 0 Å². The smallest absolute Gasteiger partial charge is 0.223 e. The van der Waals surface area contributed by atoms with Gasteiger partial charge in [-0.15, -0.1) is 0 Å². The zero-order chi connectivity index (χ0) is 16.9. The van der Waals surface area contributed by atoms with Crippen molar-refractivity contribution in [2.24, 2.45) is 11.3 Å². The zero-order valence-electron chi connectivity index (χ0n) is 15.3. The number of amides is 1. The van der Waals surface area contributed by atoms with Crippen molar-refractivity contribution in [2.75, 3.05) is 19.7 Å². The number of nitrogens with one attached hydrogen (secondary N) is 1. The van der Waals surface area contributed by atoms with E-state index in [2.05, 4.69) is 26.1 Å². The van der Waals surface area contributed by atoms with E-state index in [1.165, 1.54) is 25.7 Å². The van der Waals surface area contributed by atoms with Gasteiger partial charge >= 0.3 is 0 Å². The van der Waals surface area contributed by atoms with Gasteiger partial charge in [0.25, 0.3) is 0 Å². The molecule has 1 heterocycles. The maximum atomic E-state index is 12.3. The summed E-state index contributed by atoms with van der Waals surface area (Å²) in [5.74, 6) is 0.719. The number of aliphatic hydroxyl groups excluding tert-OH is 1. The Hall–Kier alpha value is -0.610. The van der Waals surface area contributed by atoms with Gasteiger partial charge in [-0.2, -0.15) is 0 Å². The summed E-state index contributed by atoms with van der Waals surface area (Å²) in [7, 11) is 0. The quantitative estimate of drug-likeness (QED) is 0.782. The average molecular weight is 325 g/mol. The molecule has 0 aromatic rings. The molecule has 2 unspecified atom stereocenters. The highest BCUT2D eigenvalue weighted by Gasteiger charge is 2.29. The normalized spacial score (nSPS) is 27.7. The van der Waals surface area contributed by atoms with E-state index in [0.29, 0.717) is 36.9 Å². The molecule has 0 spiro atoms. The van der Waals surface area contributed by atoms with Gasteiger partial charge in [-0.3, -0.25) is 4.79 Å². The molecule has 2 fully saturated rings. The maximum absolute atomic E-state index is 12.3. The van der Waals surface area contributed by atoms with Crippen LogP contribution in [0.15, 0.2) is 0 Å². The second-order valence-corrected chi connectivity index (χ2v) is 8.75. The third kappa shape index (κ3) is 6.07. The number of aliphatic hydroxyl groups is 1. The van der Waals surface area contributed by atoms with Gasteiger partial charge in [0, 0.05) is 38.2 Å². The van der Waals surface area contributed by atoms with Crippen LogP contribution in [0.5, 0.6) is 0 Å². The fraction of sp³-hybridized carbons (Fsp3) is 0.947. The molecule has 0 aromatic carbocycles. The number of hydrogen-bond acceptors (Lipinski definition) is 3. The third-order valence-corrected chi connectivity index (χ3v) is 5.37. The van der Waals surface area contributed by atoms with Crippen LogP contribution in [-0.2, 0) is 4.79 Å². The Morgan fingerprint density at radius 2 is 1.74 bits per heavy atom. The topological polar surface area (TPSA) is 52.6 Å². The molecule has 4 heteroatoms. The molecule has 2 rings (SSSR count). The first-order chi connectivity index (χ1) is 10.9. The van der Waals surface area contributed by atoms with Crippen molar-refractivity contribution in [3.05, 3.63) is 0 Å². The summed E-state index contributed by atoms with van der Waals surface area (Å²) in [5, 5.41) is 13.5. The fourth-order valence-corrected chi connectivity index (χ4v) is 3.99.